The lowest BCUT2D eigenvalue weighted by Gasteiger charge is -2.34. The molecule has 5 rings (SSSR count). The summed E-state index contributed by atoms with van der Waals surface area (Å²) in [7, 11) is -7.85. The highest BCUT2D eigenvalue weighted by Gasteiger charge is 2.37. The number of hydrogen-bond acceptors (Lipinski definition) is 10. The highest BCUT2D eigenvalue weighted by atomic mass is 32.2. The van der Waals surface area contributed by atoms with Gasteiger partial charge in [0.15, 0.2) is 0 Å². The zero-order chi connectivity index (χ0) is 35.8. The van der Waals surface area contributed by atoms with E-state index in [1.807, 2.05) is 41.5 Å². The number of hydrogen-bond donors (Lipinski definition) is 1. The van der Waals surface area contributed by atoms with Gasteiger partial charge in [-0.05, 0) is 66.7 Å². The Balaban J connectivity index is 1.58. The van der Waals surface area contributed by atoms with Crippen molar-refractivity contribution in [3.05, 3.63) is 58.7 Å². The highest BCUT2D eigenvalue weighted by Crippen LogP contribution is 2.35. The van der Waals surface area contributed by atoms with E-state index in [2.05, 4.69) is 10.3 Å². The molecule has 2 saturated heterocycles. The molecule has 49 heavy (non-hydrogen) atoms. The molecule has 2 aliphatic heterocycles. The molecule has 1 aliphatic carbocycles. The quantitative estimate of drug-likeness (QED) is 0.105. The molecule has 0 amide bonds. The Bertz CT molecular complexity index is 1730. The van der Waals surface area contributed by atoms with Crippen LogP contribution in [-0.2, 0) is 34.4 Å². The van der Waals surface area contributed by atoms with Crippen LogP contribution < -0.4 is 0 Å². The van der Waals surface area contributed by atoms with Gasteiger partial charge in [0.25, 0.3) is 6.79 Å². The first-order valence-corrected chi connectivity index (χ1v) is 19.8. The molecule has 1 N–H and O–H groups in total. The summed E-state index contributed by atoms with van der Waals surface area (Å²) in [6, 6.07) is 8.97. The van der Waals surface area contributed by atoms with Gasteiger partial charge < -0.3 is 14.8 Å². The van der Waals surface area contributed by atoms with Crippen LogP contribution in [0.15, 0.2) is 56.5 Å². The maximum atomic E-state index is 13.9. The number of nitrogens with zero attached hydrogens (tertiary/aromatic N) is 4. The molecule has 14 heteroatoms. The number of fused-ring (bicyclic) bond motifs is 2. The zero-order valence-electron chi connectivity index (χ0n) is 29.3. The predicted molar refractivity (Wildman–Crippen MR) is 185 cm³/mol. The van der Waals surface area contributed by atoms with Crippen LogP contribution in [0.25, 0.3) is 0 Å². The fourth-order valence-electron chi connectivity index (χ4n) is 7.15. The Morgan fingerprint density at radius 2 is 1.18 bits per heavy atom. The molecule has 0 radical (unpaired) electrons. The predicted octanol–water partition coefficient (Wildman–Crippen LogP) is 5.12. The van der Waals surface area contributed by atoms with Crippen molar-refractivity contribution in [3.63, 3.8) is 0 Å². The van der Waals surface area contributed by atoms with Crippen LogP contribution in [0, 0.1) is 35.5 Å². The average Bonchev–Trinajstić information content (AvgIpc) is 3.04. The first-order chi connectivity index (χ1) is 23.0. The van der Waals surface area contributed by atoms with E-state index < -0.39 is 32.8 Å². The maximum absolute atomic E-state index is 13.9. The van der Waals surface area contributed by atoms with E-state index in [-0.39, 0.29) is 67.8 Å². The molecule has 0 spiro atoms. The number of piperidine rings is 2. The van der Waals surface area contributed by atoms with Gasteiger partial charge in [0.2, 0.25) is 20.0 Å². The van der Waals surface area contributed by atoms with Crippen LogP contribution in [-0.4, -0.2) is 81.0 Å². The first kappa shape index (κ1) is 36.9. The molecular formula is C35H48N4O8S2. The summed E-state index contributed by atoms with van der Waals surface area (Å²) in [5, 5.41) is 18.3. The fraction of sp³-hybridized carbons (Fsp3) is 0.571. The van der Waals surface area contributed by atoms with Gasteiger partial charge in [-0.25, -0.2) is 16.8 Å². The summed E-state index contributed by atoms with van der Waals surface area (Å²) in [5.41, 5.74) is 1.50. The van der Waals surface area contributed by atoms with Gasteiger partial charge in [-0.15, -0.1) is 0 Å². The standard InChI is InChI=1S/C35H48N4O8S2/c1-21(2)26(7)35(40)46-20-47-37-34-29-10-8-27(48(42,43)38-16-22(3)12-23(4)17-38)14-31(29)33(36-41)32-15-28(9-11-30(32)34)49(44,45)39-18-24(5)13-25(6)19-39/h8-11,14-15,21-26,41H,12-13,16-20H2,1-7H3/t22-,23+,24-,25+,26?. The minimum Gasteiger partial charge on any atom is -0.425 e. The smallest absolute Gasteiger partial charge is 0.311 e. The van der Waals surface area contributed by atoms with E-state index in [0.717, 1.165) is 12.8 Å². The van der Waals surface area contributed by atoms with E-state index >= 15 is 0 Å². The largest absolute Gasteiger partial charge is 0.425 e. The summed E-state index contributed by atoms with van der Waals surface area (Å²) in [6.07, 6.45) is 1.86. The van der Waals surface area contributed by atoms with Crippen LogP contribution >= 0.6 is 0 Å². The Kier molecular flexibility index (Phi) is 10.9. The number of rotatable bonds is 9. The molecule has 5 atom stereocenters. The van der Waals surface area contributed by atoms with E-state index in [4.69, 9.17) is 9.57 Å². The van der Waals surface area contributed by atoms with Crippen molar-refractivity contribution in [2.45, 2.75) is 71.1 Å². The highest BCUT2D eigenvalue weighted by molar-refractivity contribution is 7.89. The van der Waals surface area contributed by atoms with Gasteiger partial charge in [0.1, 0.15) is 11.4 Å². The molecule has 0 bridgehead atoms. The molecule has 3 aliphatic rings. The second-order valence-electron chi connectivity index (χ2n) is 14.6. The van der Waals surface area contributed by atoms with Gasteiger partial charge in [-0.3, -0.25) is 4.79 Å². The van der Waals surface area contributed by atoms with E-state index in [0.29, 0.717) is 37.3 Å². The number of esters is 1. The molecule has 0 aromatic heterocycles. The topological polar surface area (TPSA) is 155 Å². The van der Waals surface area contributed by atoms with Crippen LogP contribution in [0.1, 0.15) is 83.6 Å². The second-order valence-corrected chi connectivity index (χ2v) is 18.5. The van der Waals surface area contributed by atoms with Crippen LogP contribution in [0.4, 0.5) is 0 Å². The molecule has 0 saturated carbocycles. The Hall–Kier alpha value is -3.33. The monoisotopic (exact) mass is 716 g/mol. The molecule has 1 unspecified atom stereocenters. The fourth-order valence-corrected chi connectivity index (χ4v) is 10.6. The summed E-state index contributed by atoms with van der Waals surface area (Å²) in [6.45, 7) is 14.8. The molecule has 12 nitrogen and oxygen atoms in total. The lowest BCUT2D eigenvalue weighted by atomic mass is 9.83. The minimum atomic E-state index is -3.92. The molecule has 2 fully saturated rings. The van der Waals surface area contributed by atoms with Crippen molar-refractivity contribution in [1.82, 2.24) is 8.61 Å². The molecule has 2 aromatic carbocycles. The number of benzene rings is 2. The Labute approximate surface area is 290 Å². The third-order valence-electron chi connectivity index (χ3n) is 9.83. The Morgan fingerprint density at radius 3 is 1.57 bits per heavy atom. The minimum absolute atomic E-state index is 0.00371. The Morgan fingerprint density at radius 1 is 0.755 bits per heavy atom. The number of sulfonamides is 2. The zero-order valence-corrected chi connectivity index (χ0v) is 30.9. The molecule has 2 heterocycles. The summed E-state index contributed by atoms with van der Waals surface area (Å²) < 4.78 is 63.9. The van der Waals surface area contributed by atoms with Gasteiger partial charge in [0, 0.05) is 48.4 Å². The lowest BCUT2D eigenvalue weighted by molar-refractivity contribution is -0.162. The summed E-state index contributed by atoms with van der Waals surface area (Å²) >= 11 is 0. The van der Waals surface area contributed by atoms with Crippen molar-refractivity contribution < 1.29 is 36.4 Å². The van der Waals surface area contributed by atoms with Crippen molar-refractivity contribution in [3.8, 4) is 0 Å². The number of carbonyl (C=O) groups excluding carboxylic acids is 1. The SMILES string of the molecule is CC(C)C(C)C(=O)OCON=C1c2ccc(S(=O)(=O)N3C[C@H](C)C[C@H](C)C3)cc2C(=NO)c2cc(S(=O)(=O)N3C[C@H](C)C[C@H](C)C3)ccc21. The van der Waals surface area contributed by atoms with Gasteiger partial charge >= 0.3 is 5.97 Å². The van der Waals surface area contributed by atoms with Crippen molar-refractivity contribution >= 4 is 37.4 Å². The molecular weight excluding hydrogens is 669 g/mol. The number of ether oxygens (including phenoxy) is 1. The number of carbonyl (C=O) groups is 1. The van der Waals surface area contributed by atoms with E-state index in [9.17, 15) is 26.8 Å². The summed E-state index contributed by atoms with van der Waals surface area (Å²) in [4.78, 5) is 17.9. The van der Waals surface area contributed by atoms with Crippen LogP contribution in [0.3, 0.4) is 0 Å². The van der Waals surface area contributed by atoms with E-state index in [1.165, 1.54) is 32.9 Å². The summed E-state index contributed by atoms with van der Waals surface area (Å²) in [5.74, 6) is 0.0372. The maximum Gasteiger partial charge on any atom is 0.311 e. The van der Waals surface area contributed by atoms with Crippen LogP contribution in [0.2, 0.25) is 0 Å². The van der Waals surface area contributed by atoms with E-state index in [1.54, 1.807) is 19.1 Å². The molecule has 2 aromatic rings. The van der Waals surface area contributed by atoms with Gasteiger partial charge in [-0.2, -0.15) is 8.61 Å². The van der Waals surface area contributed by atoms with Crippen molar-refractivity contribution in [1.29, 1.82) is 0 Å². The van der Waals surface area contributed by atoms with Crippen molar-refractivity contribution in [2.75, 3.05) is 33.0 Å². The van der Waals surface area contributed by atoms with Gasteiger partial charge in [-0.1, -0.05) is 70.9 Å². The third kappa shape index (κ3) is 7.57. The van der Waals surface area contributed by atoms with Crippen LogP contribution in [0.5, 0.6) is 0 Å². The average molecular weight is 717 g/mol. The number of oxime groups is 2. The normalized spacial score (nSPS) is 24.2. The van der Waals surface area contributed by atoms with Crippen molar-refractivity contribution in [2.24, 2.45) is 45.8 Å². The lowest BCUT2D eigenvalue weighted by Crippen LogP contribution is -2.42. The molecule has 268 valence electrons. The second kappa shape index (κ2) is 14.5. The van der Waals surface area contributed by atoms with Gasteiger partial charge in [0.05, 0.1) is 15.7 Å². The first-order valence-electron chi connectivity index (χ1n) is 16.9. The third-order valence-corrected chi connectivity index (χ3v) is 13.5.